The second-order valence-corrected chi connectivity index (χ2v) is 8.63. The summed E-state index contributed by atoms with van der Waals surface area (Å²) in [6.45, 7) is 0.504. The number of hydrogen-bond donors (Lipinski definition) is 0. The Morgan fingerprint density at radius 1 is 1.25 bits per heavy atom. The fraction of sp³-hybridized carbons (Fsp3) is 0.231. The number of thioether (sulfide) groups is 1. The van der Waals surface area contributed by atoms with Crippen molar-refractivity contribution in [3.8, 4) is 0 Å². The van der Waals surface area contributed by atoms with Crippen LogP contribution in [0, 0.1) is 3.57 Å². The van der Waals surface area contributed by atoms with Gasteiger partial charge in [-0.1, -0.05) is 0 Å². The first kappa shape index (κ1) is 14.4. The zero-order valence-electron chi connectivity index (χ0n) is 10.4. The van der Waals surface area contributed by atoms with E-state index in [-0.39, 0.29) is 5.37 Å². The number of hydrogen-bond acceptors (Lipinski definition) is 4. The molecular formula is C13H12INO3S2. The molecule has 0 N–H and O–H groups in total. The van der Waals surface area contributed by atoms with E-state index in [1.807, 2.05) is 6.07 Å². The monoisotopic (exact) mass is 421 g/mol. The van der Waals surface area contributed by atoms with Crippen molar-refractivity contribution in [2.45, 2.75) is 10.3 Å². The van der Waals surface area contributed by atoms with Crippen LogP contribution < -0.4 is 0 Å². The van der Waals surface area contributed by atoms with Gasteiger partial charge in [-0.15, -0.1) is 11.8 Å². The molecule has 0 radical (unpaired) electrons. The zero-order valence-corrected chi connectivity index (χ0v) is 14.2. The van der Waals surface area contributed by atoms with Gasteiger partial charge in [0.15, 0.2) is 0 Å². The van der Waals surface area contributed by atoms with E-state index < -0.39 is 10.0 Å². The first-order valence-electron chi connectivity index (χ1n) is 6.01. The van der Waals surface area contributed by atoms with Gasteiger partial charge in [-0.2, -0.15) is 4.31 Å². The summed E-state index contributed by atoms with van der Waals surface area (Å²) in [6.07, 6.45) is 1.57. The summed E-state index contributed by atoms with van der Waals surface area (Å²) < 4.78 is 33.3. The summed E-state index contributed by atoms with van der Waals surface area (Å²) in [5.74, 6) is 1.45. The van der Waals surface area contributed by atoms with Crippen LogP contribution in [-0.2, 0) is 10.0 Å². The molecule has 7 heteroatoms. The zero-order chi connectivity index (χ0) is 14.2. The molecule has 106 valence electrons. The number of sulfonamides is 1. The van der Waals surface area contributed by atoms with Crippen LogP contribution in [0.2, 0.25) is 0 Å². The van der Waals surface area contributed by atoms with Crippen molar-refractivity contribution in [2.24, 2.45) is 0 Å². The van der Waals surface area contributed by atoms with Crippen LogP contribution in [0.25, 0.3) is 0 Å². The minimum absolute atomic E-state index is 0.269. The lowest BCUT2D eigenvalue weighted by atomic mass is 10.4. The van der Waals surface area contributed by atoms with Gasteiger partial charge in [-0.05, 0) is 59.0 Å². The molecule has 0 aliphatic carbocycles. The van der Waals surface area contributed by atoms with E-state index in [9.17, 15) is 8.42 Å². The maximum Gasteiger partial charge on any atom is 0.244 e. The quantitative estimate of drug-likeness (QED) is 0.714. The molecule has 1 saturated heterocycles. The minimum Gasteiger partial charge on any atom is -0.467 e. The minimum atomic E-state index is -3.48. The second-order valence-electron chi connectivity index (χ2n) is 4.31. The second kappa shape index (κ2) is 5.70. The van der Waals surface area contributed by atoms with E-state index in [0.717, 1.165) is 9.32 Å². The van der Waals surface area contributed by atoms with Crippen molar-refractivity contribution in [3.05, 3.63) is 52.0 Å². The molecule has 2 aromatic rings. The lowest BCUT2D eigenvalue weighted by Crippen LogP contribution is -2.30. The summed E-state index contributed by atoms with van der Waals surface area (Å²) in [7, 11) is -3.48. The van der Waals surface area contributed by atoms with E-state index in [2.05, 4.69) is 22.6 Å². The summed E-state index contributed by atoms with van der Waals surface area (Å²) in [5.41, 5.74) is 0. The predicted molar refractivity (Wildman–Crippen MR) is 87.0 cm³/mol. The normalized spacial score (nSPS) is 20.4. The molecule has 0 bridgehead atoms. The van der Waals surface area contributed by atoms with E-state index in [1.165, 1.54) is 4.31 Å². The summed E-state index contributed by atoms with van der Waals surface area (Å²) in [4.78, 5) is 0.331. The Morgan fingerprint density at radius 3 is 2.65 bits per heavy atom. The fourth-order valence-corrected chi connectivity index (χ4v) is 5.63. The van der Waals surface area contributed by atoms with Crippen molar-refractivity contribution in [2.75, 3.05) is 12.3 Å². The molecule has 1 unspecified atom stereocenters. The summed E-state index contributed by atoms with van der Waals surface area (Å²) >= 11 is 3.74. The van der Waals surface area contributed by atoms with E-state index >= 15 is 0 Å². The van der Waals surface area contributed by atoms with Crippen molar-refractivity contribution < 1.29 is 12.8 Å². The van der Waals surface area contributed by atoms with E-state index in [0.29, 0.717) is 17.2 Å². The van der Waals surface area contributed by atoms with Crippen LogP contribution in [0.3, 0.4) is 0 Å². The van der Waals surface area contributed by atoms with E-state index in [1.54, 1.807) is 48.4 Å². The predicted octanol–water partition coefficient (Wildman–Crippen LogP) is 3.32. The Morgan fingerprint density at radius 2 is 2.00 bits per heavy atom. The third-order valence-electron chi connectivity index (χ3n) is 3.06. The SMILES string of the molecule is O=S(=O)(c1ccc(I)cc1)N1CCSC1c1ccco1. The number of rotatable bonds is 3. The largest absolute Gasteiger partial charge is 0.467 e. The molecule has 3 rings (SSSR count). The molecule has 1 aliphatic heterocycles. The average molecular weight is 421 g/mol. The summed E-state index contributed by atoms with van der Waals surface area (Å²) in [6, 6.07) is 10.5. The topological polar surface area (TPSA) is 50.5 Å². The highest BCUT2D eigenvalue weighted by molar-refractivity contribution is 14.1. The van der Waals surface area contributed by atoms with Gasteiger partial charge in [0.25, 0.3) is 0 Å². The van der Waals surface area contributed by atoms with Gasteiger partial charge in [0.1, 0.15) is 11.1 Å². The van der Waals surface area contributed by atoms with Gasteiger partial charge >= 0.3 is 0 Å². The average Bonchev–Trinajstić information content (AvgIpc) is 3.10. The molecule has 1 aromatic heterocycles. The molecule has 1 aliphatic rings. The van der Waals surface area contributed by atoms with Crippen molar-refractivity contribution in [1.29, 1.82) is 0 Å². The van der Waals surface area contributed by atoms with Crippen molar-refractivity contribution in [3.63, 3.8) is 0 Å². The number of furan rings is 1. The molecule has 0 saturated carbocycles. The Labute approximate surface area is 135 Å². The molecule has 1 aromatic carbocycles. The van der Waals surface area contributed by atoms with Gasteiger partial charge < -0.3 is 4.42 Å². The van der Waals surface area contributed by atoms with Crippen LogP contribution in [-0.4, -0.2) is 25.0 Å². The number of halogens is 1. The molecule has 1 atom stereocenters. The number of benzene rings is 1. The molecule has 0 amide bonds. The molecule has 2 heterocycles. The molecule has 20 heavy (non-hydrogen) atoms. The van der Waals surface area contributed by atoms with Gasteiger partial charge in [0, 0.05) is 15.9 Å². The highest BCUT2D eigenvalue weighted by Gasteiger charge is 2.38. The fourth-order valence-electron chi connectivity index (χ4n) is 2.10. The third kappa shape index (κ3) is 2.63. The first-order chi connectivity index (χ1) is 9.59. The standard InChI is InChI=1S/C13H12INO3S2/c14-10-3-5-11(6-4-10)20(16,17)15-7-9-19-13(15)12-2-1-8-18-12/h1-6,8,13H,7,9H2. The lowest BCUT2D eigenvalue weighted by Gasteiger charge is -2.21. The Balaban J connectivity index is 1.96. The molecule has 0 spiro atoms. The number of nitrogens with zero attached hydrogens (tertiary/aromatic N) is 1. The van der Waals surface area contributed by atoms with Gasteiger partial charge in [-0.25, -0.2) is 8.42 Å². The highest BCUT2D eigenvalue weighted by Crippen LogP contribution is 2.41. The van der Waals surface area contributed by atoms with Crippen LogP contribution in [0.4, 0.5) is 0 Å². The van der Waals surface area contributed by atoms with Crippen LogP contribution >= 0.6 is 34.4 Å². The van der Waals surface area contributed by atoms with Crippen LogP contribution in [0.5, 0.6) is 0 Å². The maximum absolute atomic E-state index is 12.7. The van der Waals surface area contributed by atoms with Crippen LogP contribution in [0.15, 0.2) is 52.0 Å². The van der Waals surface area contributed by atoms with Gasteiger partial charge in [-0.3, -0.25) is 0 Å². The Hall–Kier alpha value is -0.510. The van der Waals surface area contributed by atoms with E-state index in [4.69, 9.17) is 4.42 Å². The van der Waals surface area contributed by atoms with Crippen molar-refractivity contribution in [1.82, 2.24) is 4.31 Å². The smallest absolute Gasteiger partial charge is 0.244 e. The Bertz CT molecular complexity index is 683. The highest BCUT2D eigenvalue weighted by atomic mass is 127. The first-order valence-corrected chi connectivity index (χ1v) is 9.58. The molecule has 4 nitrogen and oxygen atoms in total. The summed E-state index contributed by atoms with van der Waals surface area (Å²) in [5, 5.41) is -0.269. The lowest BCUT2D eigenvalue weighted by molar-refractivity contribution is 0.383. The van der Waals surface area contributed by atoms with Crippen LogP contribution in [0.1, 0.15) is 11.1 Å². The molecular weight excluding hydrogens is 409 g/mol. The Kier molecular flexibility index (Phi) is 4.11. The third-order valence-corrected chi connectivity index (χ3v) is 7.01. The van der Waals surface area contributed by atoms with Gasteiger partial charge in [0.05, 0.1) is 11.2 Å². The molecule has 1 fully saturated rings. The maximum atomic E-state index is 12.7. The van der Waals surface area contributed by atoms with Crippen molar-refractivity contribution >= 4 is 44.4 Å². The van der Waals surface area contributed by atoms with Gasteiger partial charge in [0.2, 0.25) is 10.0 Å².